The van der Waals surface area contributed by atoms with Crippen LogP contribution in [0.4, 0.5) is 10.2 Å². The first-order valence-corrected chi connectivity index (χ1v) is 10.3. The molecule has 1 aliphatic rings. The number of benzene rings is 1. The van der Waals surface area contributed by atoms with E-state index < -0.39 is 11.2 Å². The van der Waals surface area contributed by atoms with Crippen LogP contribution in [0, 0.1) is 11.6 Å². The van der Waals surface area contributed by atoms with E-state index >= 15 is 0 Å². The lowest BCUT2D eigenvalue weighted by molar-refractivity contribution is 0.104. The van der Waals surface area contributed by atoms with Gasteiger partial charge in [-0.1, -0.05) is 23.7 Å². The summed E-state index contributed by atoms with van der Waals surface area (Å²) in [5.41, 5.74) is 1.60. The van der Waals surface area contributed by atoms with E-state index in [0.717, 1.165) is 16.9 Å². The van der Waals surface area contributed by atoms with Crippen molar-refractivity contribution in [1.29, 1.82) is 0 Å². The average molecular weight is 431 g/mol. The maximum absolute atomic E-state index is 14.5. The molecule has 5 nitrogen and oxygen atoms in total. The molecule has 4 rings (SSSR count). The molecular weight excluding hydrogens is 413 g/mol. The van der Waals surface area contributed by atoms with Crippen LogP contribution >= 0.6 is 22.9 Å². The summed E-state index contributed by atoms with van der Waals surface area (Å²) in [6, 6.07) is 8.78. The van der Waals surface area contributed by atoms with Crippen LogP contribution in [0.5, 0.6) is 0 Å². The number of thiophene rings is 1. The molecule has 0 unspecified atom stereocenters. The average Bonchev–Trinajstić information content (AvgIpc) is 3.27. The monoisotopic (exact) mass is 430 g/mol. The highest BCUT2D eigenvalue weighted by molar-refractivity contribution is 7.12. The van der Waals surface area contributed by atoms with Gasteiger partial charge < -0.3 is 10.4 Å². The van der Waals surface area contributed by atoms with Crippen molar-refractivity contribution in [1.82, 2.24) is 9.97 Å². The van der Waals surface area contributed by atoms with Crippen LogP contribution in [0.2, 0.25) is 5.02 Å². The Morgan fingerprint density at radius 3 is 3.00 bits per heavy atom. The molecule has 149 valence electrons. The van der Waals surface area contributed by atoms with E-state index in [2.05, 4.69) is 15.3 Å². The fourth-order valence-electron chi connectivity index (χ4n) is 3.37. The van der Waals surface area contributed by atoms with Crippen molar-refractivity contribution < 1.29 is 14.3 Å². The van der Waals surface area contributed by atoms with E-state index in [1.54, 1.807) is 18.2 Å². The van der Waals surface area contributed by atoms with Gasteiger partial charge in [0.05, 0.1) is 16.5 Å². The highest BCUT2D eigenvalue weighted by Gasteiger charge is 2.26. The van der Waals surface area contributed by atoms with Crippen LogP contribution in [-0.2, 0) is 6.42 Å². The van der Waals surface area contributed by atoms with Gasteiger partial charge in [-0.3, -0.25) is 4.79 Å². The van der Waals surface area contributed by atoms with E-state index in [0.29, 0.717) is 35.7 Å². The van der Waals surface area contributed by atoms with Crippen LogP contribution in [0.3, 0.4) is 0 Å². The summed E-state index contributed by atoms with van der Waals surface area (Å²) in [6.45, 7) is 0. The maximum atomic E-state index is 14.5. The number of anilines is 1. The zero-order valence-corrected chi connectivity index (χ0v) is 16.9. The number of aromatic nitrogens is 2. The molecule has 2 N–H and O–H groups in total. The van der Waals surface area contributed by atoms with Crippen molar-refractivity contribution in [2.24, 2.45) is 0 Å². The smallest absolute Gasteiger partial charge is 0.208 e. The minimum absolute atomic E-state index is 0.00934. The van der Waals surface area contributed by atoms with Crippen molar-refractivity contribution in [3.63, 3.8) is 0 Å². The summed E-state index contributed by atoms with van der Waals surface area (Å²) in [6.07, 6.45) is 5.72. The normalized spacial score (nSPS) is 18.7. The number of aliphatic hydroxyl groups is 1. The second kappa shape index (κ2) is 8.57. The van der Waals surface area contributed by atoms with Crippen LogP contribution in [0.25, 0.3) is 0 Å². The molecule has 2 aromatic heterocycles. The lowest BCUT2D eigenvalue weighted by Gasteiger charge is -2.14. The van der Waals surface area contributed by atoms with Gasteiger partial charge in [0.15, 0.2) is 5.13 Å². The molecule has 3 aromatic rings. The lowest BCUT2D eigenvalue weighted by Crippen LogP contribution is -2.20. The predicted octanol–water partition coefficient (Wildman–Crippen LogP) is 4.29. The topological polar surface area (TPSA) is 75.1 Å². The van der Waals surface area contributed by atoms with Crippen molar-refractivity contribution in [2.45, 2.75) is 31.4 Å². The zero-order chi connectivity index (χ0) is 20.4. The Balaban J connectivity index is 1.56. The molecular formula is C21H18ClFN3O2S. The number of hydrogen-bond acceptors (Lipinski definition) is 6. The maximum Gasteiger partial charge on any atom is 0.208 e. The molecule has 2 heterocycles. The third-order valence-corrected chi connectivity index (χ3v) is 5.98. The minimum atomic E-state index is -0.464. The van der Waals surface area contributed by atoms with Gasteiger partial charge >= 0.3 is 0 Å². The highest BCUT2D eigenvalue weighted by atomic mass is 35.5. The third-order valence-electron chi connectivity index (χ3n) is 4.78. The van der Waals surface area contributed by atoms with Gasteiger partial charge in [-0.25, -0.2) is 9.97 Å². The number of nitrogens with zero attached hydrogens (tertiary/aromatic N) is 2. The van der Waals surface area contributed by atoms with E-state index in [1.807, 2.05) is 18.6 Å². The van der Waals surface area contributed by atoms with Gasteiger partial charge in [-0.05, 0) is 43.0 Å². The predicted molar refractivity (Wildman–Crippen MR) is 111 cm³/mol. The SMILES string of the molecule is O=C(c1cc(Cc2cccc(Cl)c2)c(F)s1)c1cncnc1N[C@@H]1C[CH][C@H](O)C1. The first-order valence-electron chi connectivity index (χ1n) is 9.15. The number of ketones is 1. The zero-order valence-electron chi connectivity index (χ0n) is 15.3. The summed E-state index contributed by atoms with van der Waals surface area (Å²) in [7, 11) is 0. The fraction of sp³-hybridized carbons (Fsp3) is 0.238. The van der Waals surface area contributed by atoms with Gasteiger partial charge in [0.1, 0.15) is 12.1 Å². The molecule has 0 bridgehead atoms. The molecule has 1 fully saturated rings. The lowest BCUT2D eigenvalue weighted by atomic mass is 10.1. The largest absolute Gasteiger partial charge is 0.393 e. The first-order chi connectivity index (χ1) is 14.0. The van der Waals surface area contributed by atoms with Gasteiger partial charge in [0, 0.05) is 29.2 Å². The van der Waals surface area contributed by atoms with Gasteiger partial charge in [-0.2, -0.15) is 4.39 Å². The van der Waals surface area contributed by atoms with Crippen LogP contribution in [0.15, 0.2) is 42.9 Å². The fourth-order valence-corrected chi connectivity index (χ4v) is 4.44. The van der Waals surface area contributed by atoms with Crippen LogP contribution in [0.1, 0.15) is 39.2 Å². The first kappa shape index (κ1) is 19.9. The van der Waals surface area contributed by atoms with E-state index in [-0.39, 0.29) is 22.3 Å². The molecule has 0 aliphatic heterocycles. The van der Waals surface area contributed by atoms with E-state index in [1.165, 1.54) is 12.5 Å². The molecule has 2 atom stereocenters. The third kappa shape index (κ3) is 4.63. The Morgan fingerprint density at radius 1 is 1.38 bits per heavy atom. The number of nitrogens with one attached hydrogen (secondary N) is 1. The van der Waals surface area contributed by atoms with Gasteiger partial charge in [0.25, 0.3) is 0 Å². The summed E-state index contributed by atoms with van der Waals surface area (Å²) in [5.74, 6) is 0.0552. The summed E-state index contributed by atoms with van der Waals surface area (Å²) in [4.78, 5) is 21.4. The van der Waals surface area contributed by atoms with Gasteiger partial charge in [-0.15, -0.1) is 11.3 Å². The molecule has 1 saturated carbocycles. The minimum Gasteiger partial charge on any atom is -0.393 e. The number of aliphatic hydroxyl groups excluding tert-OH is 1. The highest BCUT2D eigenvalue weighted by Crippen LogP contribution is 2.29. The Kier molecular flexibility index (Phi) is 5.89. The Morgan fingerprint density at radius 2 is 2.24 bits per heavy atom. The molecule has 1 radical (unpaired) electrons. The Labute approximate surface area is 176 Å². The molecule has 8 heteroatoms. The number of rotatable bonds is 6. The summed E-state index contributed by atoms with van der Waals surface area (Å²) < 4.78 is 14.5. The number of carbonyl (C=O) groups is 1. The van der Waals surface area contributed by atoms with Crippen LogP contribution < -0.4 is 5.32 Å². The van der Waals surface area contributed by atoms with Gasteiger partial charge in [0.2, 0.25) is 5.78 Å². The molecule has 0 spiro atoms. The standard InChI is InChI=1S/C21H18ClFN3O2S/c22-14-3-1-2-12(7-14)6-13-8-18(29-20(13)23)19(28)17-10-24-11-25-21(17)26-15-4-5-16(27)9-15/h1-3,5,7-8,10-11,15-16,27H,4,6,9H2,(H,24,25,26)/t15-,16+/m1/s1. The number of carbonyl (C=O) groups excluding carboxylic acids is 1. The van der Waals surface area contributed by atoms with Crippen molar-refractivity contribution in [3.8, 4) is 0 Å². The Bertz CT molecular complexity index is 1040. The van der Waals surface area contributed by atoms with Crippen molar-refractivity contribution in [2.75, 3.05) is 5.32 Å². The molecule has 0 amide bonds. The summed E-state index contributed by atoms with van der Waals surface area (Å²) in [5, 5.41) is 13.0. The quantitative estimate of drug-likeness (QED) is 0.570. The van der Waals surface area contributed by atoms with E-state index in [9.17, 15) is 14.3 Å². The molecule has 1 aliphatic carbocycles. The molecule has 29 heavy (non-hydrogen) atoms. The Hall–Kier alpha value is -2.35. The second-order valence-electron chi connectivity index (χ2n) is 6.95. The number of halogens is 2. The molecule has 0 saturated heterocycles. The summed E-state index contributed by atoms with van der Waals surface area (Å²) >= 11 is 6.81. The van der Waals surface area contributed by atoms with Crippen molar-refractivity contribution in [3.05, 3.63) is 81.0 Å². The van der Waals surface area contributed by atoms with Crippen molar-refractivity contribution >= 4 is 34.5 Å². The van der Waals surface area contributed by atoms with E-state index in [4.69, 9.17) is 11.6 Å². The van der Waals surface area contributed by atoms with Crippen LogP contribution in [-0.4, -0.2) is 33.0 Å². The number of hydrogen-bond donors (Lipinski definition) is 2. The second-order valence-corrected chi connectivity index (χ2v) is 8.38. The molecule has 1 aromatic carbocycles.